The van der Waals surface area contributed by atoms with E-state index in [0.717, 1.165) is 30.5 Å². The lowest BCUT2D eigenvalue weighted by Gasteiger charge is -2.25. The molecule has 1 aromatic carbocycles. The number of hydrogen-bond donors (Lipinski definition) is 2. The lowest BCUT2D eigenvalue weighted by Crippen LogP contribution is -2.24. The van der Waals surface area contributed by atoms with Crippen LogP contribution in [0.4, 0.5) is 14.5 Å². The molecule has 0 amide bonds. The summed E-state index contributed by atoms with van der Waals surface area (Å²) in [6, 6.07) is 3.48. The number of halogens is 3. The van der Waals surface area contributed by atoms with Crippen LogP contribution >= 0.6 is 24.0 Å². The van der Waals surface area contributed by atoms with Crippen molar-refractivity contribution in [3.63, 3.8) is 0 Å². The summed E-state index contributed by atoms with van der Waals surface area (Å²) in [7, 11) is 0. The molecule has 2 fully saturated rings. The van der Waals surface area contributed by atoms with Gasteiger partial charge in [-0.25, -0.2) is 13.8 Å². The number of guanidine groups is 1. The van der Waals surface area contributed by atoms with Gasteiger partial charge in [-0.3, -0.25) is 0 Å². The van der Waals surface area contributed by atoms with Crippen LogP contribution in [0, 0.1) is 23.5 Å². The second-order valence-corrected chi connectivity index (χ2v) is 5.42. The van der Waals surface area contributed by atoms with Gasteiger partial charge in [0.15, 0.2) is 5.96 Å². The Labute approximate surface area is 134 Å². The van der Waals surface area contributed by atoms with Crippen LogP contribution in [0.15, 0.2) is 23.2 Å². The highest BCUT2D eigenvalue weighted by Gasteiger charge is 2.45. The summed E-state index contributed by atoms with van der Waals surface area (Å²) in [6.45, 7) is 0. The Hall–Kier alpha value is -0.920. The normalized spacial score (nSPS) is 25.6. The van der Waals surface area contributed by atoms with Gasteiger partial charge in [0.05, 0.1) is 11.7 Å². The molecular weight excluding hydrogens is 375 g/mol. The van der Waals surface area contributed by atoms with Crippen LogP contribution in [-0.2, 0) is 0 Å². The topological polar surface area (TPSA) is 50.4 Å². The standard InChI is InChI=1S/C14H17F2N3.HI/c15-9-4-5-11(16)13(6-9)19-14(17)18-12-7-10(12)8-2-1-3-8;/h4-6,8,10,12H,1-3,7H2,(H3,17,18,19);1H/t10-,12+;/m0./s1. The highest BCUT2D eigenvalue weighted by molar-refractivity contribution is 14.0. The van der Waals surface area contributed by atoms with Crippen LogP contribution in [-0.4, -0.2) is 12.0 Å². The molecule has 0 aliphatic heterocycles. The third-order valence-electron chi connectivity index (χ3n) is 4.06. The highest BCUT2D eigenvalue weighted by atomic mass is 127. The number of rotatable bonds is 3. The van der Waals surface area contributed by atoms with Gasteiger partial charge in [0.25, 0.3) is 0 Å². The smallest absolute Gasteiger partial charge is 0.193 e. The van der Waals surface area contributed by atoms with E-state index in [4.69, 9.17) is 5.73 Å². The maximum Gasteiger partial charge on any atom is 0.193 e. The van der Waals surface area contributed by atoms with Crippen molar-refractivity contribution in [2.45, 2.75) is 31.7 Å². The molecule has 2 aliphatic carbocycles. The molecule has 0 heterocycles. The van der Waals surface area contributed by atoms with E-state index in [2.05, 4.69) is 10.3 Å². The highest BCUT2D eigenvalue weighted by Crippen LogP contribution is 2.48. The van der Waals surface area contributed by atoms with Crippen LogP contribution in [0.5, 0.6) is 0 Å². The van der Waals surface area contributed by atoms with Gasteiger partial charge < -0.3 is 11.1 Å². The maximum absolute atomic E-state index is 13.4. The van der Waals surface area contributed by atoms with E-state index < -0.39 is 11.6 Å². The fraction of sp³-hybridized carbons (Fsp3) is 0.500. The number of nitrogens with two attached hydrogens (primary N) is 1. The molecule has 3 N–H and O–H groups in total. The SMILES string of the molecule is I.NC(=N[C@@H]1C[C@H]1C1CCC1)Nc1cc(F)ccc1F. The molecule has 0 bridgehead atoms. The number of nitrogens with one attached hydrogen (secondary N) is 1. The molecule has 6 heteroatoms. The van der Waals surface area contributed by atoms with Gasteiger partial charge in [-0.15, -0.1) is 24.0 Å². The minimum Gasteiger partial charge on any atom is -0.370 e. The lowest BCUT2D eigenvalue weighted by atomic mass is 9.81. The Bertz CT molecular complexity index is 517. The van der Waals surface area contributed by atoms with Gasteiger partial charge in [0.1, 0.15) is 11.6 Å². The van der Waals surface area contributed by atoms with E-state index in [1.807, 2.05) is 0 Å². The van der Waals surface area contributed by atoms with Crippen molar-refractivity contribution in [3.8, 4) is 0 Å². The first-order valence-corrected chi connectivity index (χ1v) is 6.69. The van der Waals surface area contributed by atoms with Crippen molar-refractivity contribution in [2.24, 2.45) is 22.6 Å². The molecule has 2 saturated carbocycles. The first-order chi connectivity index (χ1) is 9.13. The maximum atomic E-state index is 13.4. The second kappa shape index (κ2) is 6.24. The molecule has 0 aromatic heterocycles. The zero-order valence-corrected chi connectivity index (χ0v) is 13.3. The predicted octanol–water partition coefficient (Wildman–Crippen LogP) is 3.50. The van der Waals surface area contributed by atoms with Crippen molar-refractivity contribution in [1.29, 1.82) is 0 Å². The van der Waals surface area contributed by atoms with Crippen LogP contribution < -0.4 is 11.1 Å². The molecular formula is C14H18F2IN3. The molecule has 0 saturated heterocycles. The van der Waals surface area contributed by atoms with Gasteiger partial charge in [-0.2, -0.15) is 0 Å². The van der Waals surface area contributed by atoms with Gasteiger partial charge in [0.2, 0.25) is 0 Å². The van der Waals surface area contributed by atoms with Crippen molar-refractivity contribution in [2.75, 3.05) is 5.32 Å². The molecule has 0 unspecified atom stereocenters. The number of anilines is 1. The summed E-state index contributed by atoms with van der Waals surface area (Å²) in [5, 5.41) is 2.63. The average molecular weight is 393 g/mol. The second-order valence-electron chi connectivity index (χ2n) is 5.42. The molecule has 2 atom stereocenters. The summed E-state index contributed by atoms with van der Waals surface area (Å²) < 4.78 is 26.4. The Kier molecular flexibility index (Phi) is 4.82. The summed E-state index contributed by atoms with van der Waals surface area (Å²) in [5.41, 5.74) is 5.77. The van der Waals surface area contributed by atoms with Gasteiger partial charge in [-0.1, -0.05) is 19.3 Å². The minimum atomic E-state index is -0.536. The van der Waals surface area contributed by atoms with Gasteiger partial charge in [0, 0.05) is 6.07 Å². The van der Waals surface area contributed by atoms with Crippen LogP contribution in [0.25, 0.3) is 0 Å². The summed E-state index contributed by atoms with van der Waals surface area (Å²) in [6.07, 6.45) is 4.98. The Morgan fingerprint density at radius 3 is 2.70 bits per heavy atom. The summed E-state index contributed by atoms with van der Waals surface area (Å²) in [4.78, 5) is 4.33. The summed E-state index contributed by atoms with van der Waals surface area (Å²) >= 11 is 0. The molecule has 110 valence electrons. The molecule has 2 aliphatic rings. The predicted molar refractivity (Wildman–Crippen MR) is 86.3 cm³/mol. The molecule has 3 nitrogen and oxygen atoms in total. The van der Waals surface area contributed by atoms with E-state index in [-0.39, 0.29) is 41.7 Å². The van der Waals surface area contributed by atoms with Crippen molar-refractivity contribution >= 4 is 35.6 Å². The Morgan fingerprint density at radius 1 is 1.30 bits per heavy atom. The molecule has 0 radical (unpaired) electrons. The first kappa shape index (κ1) is 15.5. The van der Waals surface area contributed by atoms with Crippen molar-refractivity contribution < 1.29 is 8.78 Å². The Morgan fingerprint density at radius 2 is 2.05 bits per heavy atom. The summed E-state index contributed by atoms with van der Waals surface area (Å²) in [5.74, 6) is 0.566. The quantitative estimate of drug-likeness (QED) is 0.469. The van der Waals surface area contributed by atoms with E-state index in [9.17, 15) is 8.78 Å². The molecule has 0 spiro atoms. The van der Waals surface area contributed by atoms with Crippen molar-refractivity contribution in [3.05, 3.63) is 29.8 Å². The third kappa shape index (κ3) is 3.39. The number of aliphatic imine (C=N–C) groups is 1. The first-order valence-electron chi connectivity index (χ1n) is 6.69. The molecule has 3 rings (SSSR count). The largest absolute Gasteiger partial charge is 0.370 e. The van der Waals surface area contributed by atoms with E-state index in [1.165, 1.54) is 19.3 Å². The zero-order chi connectivity index (χ0) is 13.4. The van der Waals surface area contributed by atoms with Crippen LogP contribution in [0.2, 0.25) is 0 Å². The van der Waals surface area contributed by atoms with Gasteiger partial charge >= 0.3 is 0 Å². The van der Waals surface area contributed by atoms with Crippen molar-refractivity contribution in [1.82, 2.24) is 0 Å². The fourth-order valence-electron chi connectivity index (χ4n) is 2.67. The zero-order valence-electron chi connectivity index (χ0n) is 11.0. The average Bonchev–Trinajstić information content (AvgIpc) is 3.00. The Balaban J connectivity index is 0.00000147. The molecule has 20 heavy (non-hydrogen) atoms. The van der Waals surface area contributed by atoms with E-state index in [0.29, 0.717) is 5.92 Å². The van der Waals surface area contributed by atoms with Crippen LogP contribution in [0.3, 0.4) is 0 Å². The third-order valence-corrected chi connectivity index (χ3v) is 4.06. The minimum absolute atomic E-state index is 0. The molecule has 1 aromatic rings. The number of benzene rings is 1. The number of hydrogen-bond acceptors (Lipinski definition) is 1. The fourth-order valence-corrected chi connectivity index (χ4v) is 2.67. The van der Waals surface area contributed by atoms with E-state index in [1.54, 1.807) is 0 Å². The van der Waals surface area contributed by atoms with Gasteiger partial charge in [-0.05, 0) is 30.4 Å². The van der Waals surface area contributed by atoms with E-state index >= 15 is 0 Å². The lowest BCUT2D eigenvalue weighted by molar-refractivity contribution is 0.274. The number of nitrogens with zero attached hydrogens (tertiary/aromatic N) is 1. The monoisotopic (exact) mass is 393 g/mol. The van der Waals surface area contributed by atoms with Crippen LogP contribution in [0.1, 0.15) is 25.7 Å².